The highest BCUT2D eigenvalue weighted by Crippen LogP contribution is 2.24. The van der Waals surface area contributed by atoms with Crippen LogP contribution < -0.4 is 5.32 Å². The maximum Gasteiger partial charge on any atom is 0.0449 e. The van der Waals surface area contributed by atoms with Gasteiger partial charge < -0.3 is 10.2 Å². The molecule has 1 saturated heterocycles. The highest BCUT2D eigenvalue weighted by molar-refractivity contribution is 5.29. The minimum atomic E-state index is 0.443. The molecule has 3 unspecified atom stereocenters. The van der Waals surface area contributed by atoms with Crippen molar-refractivity contribution in [2.45, 2.75) is 33.2 Å². The molecule has 0 bridgehead atoms. The zero-order chi connectivity index (χ0) is 13.8. The first-order valence-electron chi connectivity index (χ1n) is 7.55. The Bertz CT molecular complexity index is 392. The van der Waals surface area contributed by atoms with Crippen molar-refractivity contribution in [3.8, 4) is 0 Å². The summed E-state index contributed by atoms with van der Waals surface area (Å²) in [4.78, 5) is 2.63. The lowest BCUT2D eigenvalue weighted by molar-refractivity contribution is 0.129. The fourth-order valence-electron chi connectivity index (χ4n) is 3.52. The van der Waals surface area contributed by atoms with E-state index in [1.807, 2.05) is 0 Å². The van der Waals surface area contributed by atoms with Crippen LogP contribution in [0.5, 0.6) is 0 Å². The summed E-state index contributed by atoms with van der Waals surface area (Å²) >= 11 is 0. The van der Waals surface area contributed by atoms with Crippen LogP contribution in [0.15, 0.2) is 24.3 Å². The van der Waals surface area contributed by atoms with Crippen molar-refractivity contribution in [1.29, 1.82) is 0 Å². The van der Waals surface area contributed by atoms with Gasteiger partial charge in [-0.1, -0.05) is 38.1 Å². The lowest BCUT2D eigenvalue weighted by atomic mass is 9.91. The van der Waals surface area contributed by atoms with E-state index >= 15 is 0 Å². The van der Waals surface area contributed by atoms with E-state index in [1.54, 1.807) is 0 Å². The lowest BCUT2D eigenvalue weighted by Crippen LogP contribution is -2.43. The Labute approximate surface area is 118 Å². The SMILES string of the molecule is CNC(CN1CC(C)CC(C)C1)c1ccccc1C. The molecular weight excluding hydrogens is 232 g/mol. The van der Waals surface area contributed by atoms with Crippen molar-refractivity contribution in [2.75, 3.05) is 26.7 Å². The van der Waals surface area contributed by atoms with Crippen LogP contribution in [-0.2, 0) is 0 Å². The molecular formula is C17H28N2. The summed E-state index contributed by atoms with van der Waals surface area (Å²) in [5, 5.41) is 3.49. The standard InChI is InChI=1S/C17H28N2/c1-13-9-14(2)11-19(10-13)12-17(18-4)16-8-6-5-7-15(16)3/h5-8,13-14,17-18H,9-12H2,1-4H3. The molecule has 0 radical (unpaired) electrons. The van der Waals surface area contributed by atoms with Crippen LogP contribution in [0, 0.1) is 18.8 Å². The summed E-state index contributed by atoms with van der Waals surface area (Å²) in [7, 11) is 2.08. The Kier molecular flexibility index (Phi) is 5.00. The minimum absolute atomic E-state index is 0.443. The number of benzene rings is 1. The molecule has 19 heavy (non-hydrogen) atoms. The molecule has 0 aliphatic carbocycles. The van der Waals surface area contributed by atoms with E-state index in [2.05, 4.69) is 62.3 Å². The van der Waals surface area contributed by atoms with Gasteiger partial charge in [0, 0.05) is 25.7 Å². The maximum atomic E-state index is 3.49. The number of hydrogen-bond donors (Lipinski definition) is 1. The summed E-state index contributed by atoms with van der Waals surface area (Å²) in [5.41, 5.74) is 2.83. The maximum absolute atomic E-state index is 3.49. The van der Waals surface area contributed by atoms with Gasteiger partial charge in [-0.15, -0.1) is 0 Å². The second-order valence-electron chi connectivity index (χ2n) is 6.36. The molecule has 1 aliphatic rings. The number of rotatable bonds is 4. The minimum Gasteiger partial charge on any atom is -0.312 e. The van der Waals surface area contributed by atoms with E-state index in [9.17, 15) is 0 Å². The van der Waals surface area contributed by atoms with Crippen molar-refractivity contribution in [2.24, 2.45) is 11.8 Å². The molecule has 1 heterocycles. The zero-order valence-corrected chi connectivity index (χ0v) is 12.8. The van der Waals surface area contributed by atoms with E-state index in [1.165, 1.54) is 30.6 Å². The van der Waals surface area contributed by atoms with Gasteiger partial charge in [-0.3, -0.25) is 0 Å². The Hall–Kier alpha value is -0.860. The number of likely N-dealkylation sites (N-methyl/N-ethyl adjacent to an activating group) is 1. The third-order valence-corrected chi connectivity index (χ3v) is 4.30. The van der Waals surface area contributed by atoms with E-state index < -0.39 is 0 Å². The average molecular weight is 260 g/mol. The topological polar surface area (TPSA) is 15.3 Å². The van der Waals surface area contributed by atoms with E-state index in [0.29, 0.717) is 6.04 Å². The van der Waals surface area contributed by atoms with Gasteiger partial charge >= 0.3 is 0 Å². The average Bonchev–Trinajstić information content (AvgIpc) is 2.36. The van der Waals surface area contributed by atoms with E-state index in [4.69, 9.17) is 0 Å². The first kappa shape index (κ1) is 14.5. The molecule has 106 valence electrons. The summed E-state index contributed by atoms with van der Waals surface area (Å²) in [6.45, 7) is 10.6. The molecule has 1 aliphatic heterocycles. The second-order valence-corrected chi connectivity index (χ2v) is 6.36. The van der Waals surface area contributed by atoms with Crippen LogP contribution in [0.3, 0.4) is 0 Å². The van der Waals surface area contributed by atoms with Crippen molar-refractivity contribution in [1.82, 2.24) is 10.2 Å². The molecule has 2 nitrogen and oxygen atoms in total. The van der Waals surface area contributed by atoms with Crippen LogP contribution in [0.4, 0.5) is 0 Å². The molecule has 2 heteroatoms. The number of aryl methyl sites for hydroxylation is 1. The van der Waals surface area contributed by atoms with Gasteiger partial charge in [0.15, 0.2) is 0 Å². The van der Waals surface area contributed by atoms with Crippen LogP contribution in [0.2, 0.25) is 0 Å². The van der Waals surface area contributed by atoms with Gasteiger partial charge in [0.1, 0.15) is 0 Å². The van der Waals surface area contributed by atoms with Crippen LogP contribution in [0.25, 0.3) is 0 Å². The normalized spacial score (nSPS) is 26.3. The Morgan fingerprint density at radius 3 is 2.42 bits per heavy atom. The Balaban J connectivity index is 2.05. The summed E-state index contributed by atoms with van der Waals surface area (Å²) in [5.74, 6) is 1.66. The highest BCUT2D eigenvalue weighted by atomic mass is 15.2. The van der Waals surface area contributed by atoms with Crippen molar-refractivity contribution in [3.63, 3.8) is 0 Å². The largest absolute Gasteiger partial charge is 0.312 e. The van der Waals surface area contributed by atoms with Gasteiger partial charge in [-0.2, -0.15) is 0 Å². The zero-order valence-electron chi connectivity index (χ0n) is 12.8. The summed E-state index contributed by atoms with van der Waals surface area (Å²) in [6.07, 6.45) is 1.38. The second kappa shape index (κ2) is 6.53. The lowest BCUT2D eigenvalue weighted by Gasteiger charge is -2.37. The molecule has 0 amide bonds. The number of likely N-dealkylation sites (tertiary alicyclic amines) is 1. The fourth-order valence-corrected chi connectivity index (χ4v) is 3.52. The quantitative estimate of drug-likeness (QED) is 0.894. The molecule has 1 aromatic carbocycles. The van der Waals surface area contributed by atoms with Crippen LogP contribution >= 0.6 is 0 Å². The van der Waals surface area contributed by atoms with Gasteiger partial charge in [0.2, 0.25) is 0 Å². The summed E-state index contributed by atoms with van der Waals surface area (Å²) < 4.78 is 0. The molecule has 1 N–H and O–H groups in total. The molecule has 3 atom stereocenters. The first-order chi connectivity index (χ1) is 9.10. The number of hydrogen-bond acceptors (Lipinski definition) is 2. The molecule has 0 aromatic heterocycles. The Morgan fingerprint density at radius 1 is 1.21 bits per heavy atom. The fraction of sp³-hybridized carbons (Fsp3) is 0.647. The monoisotopic (exact) mass is 260 g/mol. The Morgan fingerprint density at radius 2 is 1.84 bits per heavy atom. The predicted octanol–water partition coefficient (Wildman–Crippen LogP) is 3.23. The number of nitrogens with zero attached hydrogens (tertiary/aromatic N) is 1. The number of nitrogens with one attached hydrogen (secondary N) is 1. The predicted molar refractivity (Wildman–Crippen MR) is 82.4 cm³/mol. The number of piperidine rings is 1. The molecule has 1 fully saturated rings. The third-order valence-electron chi connectivity index (χ3n) is 4.30. The summed E-state index contributed by atoms with van der Waals surface area (Å²) in [6, 6.07) is 9.18. The van der Waals surface area contributed by atoms with Crippen molar-refractivity contribution < 1.29 is 0 Å². The highest BCUT2D eigenvalue weighted by Gasteiger charge is 2.24. The van der Waals surface area contributed by atoms with Gasteiger partial charge in [0.05, 0.1) is 0 Å². The van der Waals surface area contributed by atoms with Gasteiger partial charge in [-0.05, 0) is 43.4 Å². The molecule has 0 saturated carbocycles. The smallest absolute Gasteiger partial charge is 0.0449 e. The first-order valence-corrected chi connectivity index (χ1v) is 7.55. The van der Waals surface area contributed by atoms with Crippen LogP contribution in [0.1, 0.15) is 37.4 Å². The van der Waals surface area contributed by atoms with E-state index in [-0.39, 0.29) is 0 Å². The molecule has 2 rings (SSSR count). The van der Waals surface area contributed by atoms with Crippen molar-refractivity contribution in [3.05, 3.63) is 35.4 Å². The third kappa shape index (κ3) is 3.80. The van der Waals surface area contributed by atoms with Gasteiger partial charge in [0.25, 0.3) is 0 Å². The van der Waals surface area contributed by atoms with Gasteiger partial charge in [-0.25, -0.2) is 0 Å². The van der Waals surface area contributed by atoms with E-state index in [0.717, 1.165) is 18.4 Å². The molecule has 1 aromatic rings. The van der Waals surface area contributed by atoms with Crippen LogP contribution in [-0.4, -0.2) is 31.6 Å². The van der Waals surface area contributed by atoms with Crippen molar-refractivity contribution >= 4 is 0 Å². The molecule has 0 spiro atoms.